The molecular formula is C23H25N3O3. The van der Waals surface area contributed by atoms with Gasteiger partial charge in [0.25, 0.3) is 0 Å². The zero-order valence-corrected chi connectivity index (χ0v) is 16.8. The minimum absolute atomic E-state index is 0.0842. The second-order valence-corrected chi connectivity index (χ2v) is 7.41. The van der Waals surface area contributed by atoms with E-state index in [-0.39, 0.29) is 5.91 Å². The van der Waals surface area contributed by atoms with E-state index in [0.29, 0.717) is 13.0 Å². The Kier molecular flexibility index (Phi) is 5.25. The molecule has 2 heterocycles. The van der Waals surface area contributed by atoms with Crippen LogP contribution in [0.4, 0.5) is 11.4 Å². The Labute approximate surface area is 170 Å². The van der Waals surface area contributed by atoms with Gasteiger partial charge in [0.15, 0.2) is 0 Å². The molecule has 0 spiro atoms. The standard InChI is InChI=1S/C23H25N3O3/c1-15-20(16(2)29-25-15)14-28-18-10-8-17(9-11-18)13-23(27)26-12-4-5-19-21(24)6-3-7-22(19)26/h3,6-11H,4-5,12-14,24H2,1-2H3. The molecule has 0 aliphatic carbocycles. The molecule has 0 unspecified atom stereocenters. The highest BCUT2D eigenvalue weighted by Gasteiger charge is 2.23. The number of nitrogens with zero attached hydrogens (tertiary/aromatic N) is 2. The third-order valence-electron chi connectivity index (χ3n) is 5.43. The number of nitrogens with two attached hydrogens (primary N) is 1. The lowest BCUT2D eigenvalue weighted by Gasteiger charge is -2.30. The van der Waals surface area contributed by atoms with E-state index in [1.54, 1.807) is 0 Å². The van der Waals surface area contributed by atoms with Gasteiger partial charge in [0.1, 0.15) is 18.1 Å². The zero-order chi connectivity index (χ0) is 20.4. The van der Waals surface area contributed by atoms with Gasteiger partial charge < -0.3 is 19.9 Å². The molecule has 2 N–H and O–H groups in total. The highest BCUT2D eigenvalue weighted by Crippen LogP contribution is 2.31. The Balaban J connectivity index is 1.41. The first-order valence-electron chi connectivity index (χ1n) is 9.84. The predicted octanol–water partition coefficient (Wildman–Crippen LogP) is 3.97. The number of aryl methyl sites for hydroxylation is 2. The molecule has 150 valence electrons. The fourth-order valence-electron chi connectivity index (χ4n) is 3.75. The van der Waals surface area contributed by atoms with Gasteiger partial charge in [-0.25, -0.2) is 0 Å². The van der Waals surface area contributed by atoms with E-state index in [9.17, 15) is 4.79 Å². The fraction of sp³-hybridized carbons (Fsp3) is 0.304. The minimum atomic E-state index is 0.0842. The van der Waals surface area contributed by atoms with Gasteiger partial charge in [0.2, 0.25) is 5.91 Å². The van der Waals surface area contributed by atoms with E-state index in [2.05, 4.69) is 5.16 Å². The van der Waals surface area contributed by atoms with Crippen molar-refractivity contribution in [3.05, 3.63) is 70.6 Å². The van der Waals surface area contributed by atoms with Gasteiger partial charge in [0.05, 0.1) is 17.7 Å². The summed E-state index contributed by atoms with van der Waals surface area (Å²) in [6.45, 7) is 4.91. The molecule has 0 saturated carbocycles. The van der Waals surface area contributed by atoms with Crippen molar-refractivity contribution in [3.8, 4) is 5.75 Å². The summed E-state index contributed by atoms with van der Waals surface area (Å²) < 4.78 is 11.0. The number of ether oxygens (including phenoxy) is 1. The largest absolute Gasteiger partial charge is 0.489 e. The van der Waals surface area contributed by atoms with Crippen LogP contribution in [0.2, 0.25) is 0 Å². The van der Waals surface area contributed by atoms with Crippen molar-refractivity contribution in [2.24, 2.45) is 0 Å². The highest BCUT2D eigenvalue weighted by molar-refractivity contribution is 5.96. The third-order valence-corrected chi connectivity index (χ3v) is 5.43. The summed E-state index contributed by atoms with van der Waals surface area (Å²) >= 11 is 0. The molecule has 6 heteroatoms. The molecule has 2 aromatic carbocycles. The van der Waals surface area contributed by atoms with Crippen LogP contribution in [0.15, 0.2) is 47.0 Å². The lowest BCUT2D eigenvalue weighted by atomic mass is 9.99. The number of amides is 1. The highest BCUT2D eigenvalue weighted by atomic mass is 16.5. The molecule has 0 saturated heterocycles. The van der Waals surface area contributed by atoms with E-state index in [0.717, 1.165) is 64.7 Å². The van der Waals surface area contributed by atoms with Crippen LogP contribution in [0.3, 0.4) is 0 Å². The monoisotopic (exact) mass is 391 g/mol. The van der Waals surface area contributed by atoms with Crippen molar-refractivity contribution < 1.29 is 14.1 Å². The smallest absolute Gasteiger partial charge is 0.231 e. The second-order valence-electron chi connectivity index (χ2n) is 7.41. The van der Waals surface area contributed by atoms with Gasteiger partial charge in [0, 0.05) is 17.9 Å². The normalized spacial score (nSPS) is 13.2. The van der Waals surface area contributed by atoms with Crippen LogP contribution < -0.4 is 15.4 Å². The zero-order valence-electron chi connectivity index (χ0n) is 16.8. The maximum Gasteiger partial charge on any atom is 0.231 e. The number of hydrogen-bond donors (Lipinski definition) is 1. The number of rotatable bonds is 5. The van der Waals surface area contributed by atoms with Crippen LogP contribution in [-0.4, -0.2) is 17.6 Å². The lowest BCUT2D eigenvalue weighted by molar-refractivity contribution is -0.118. The van der Waals surface area contributed by atoms with Crippen LogP contribution in [0, 0.1) is 13.8 Å². The lowest BCUT2D eigenvalue weighted by Crippen LogP contribution is -2.36. The molecular weight excluding hydrogens is 366 g/mol. The predicted molar refractivity (Wildman–Crippen MR) is 112 cm³/mol. The molecule has 0 atom stereocenters. The average molecular weight is 391 g/mol. The van der Waals surface area contributed by atoms with E-state index < -0.39 is 0 Å². The molecule has 6 nitrogen and oxygen atoms in total. The summed E-state index contributed by atoms with van der Waals surface area (Å²) in [7, 11) is 0. The first-order valence-corrected chi connectivity index (χ1v) is 9.84. The fourth-order valence-corrected chi connectivity index (χ4v) is 3.75. The molecule has 1 amide bonds. The molecule has 1 aromatic heterocycles. The van der Waals surface area contributed by atoms with Gasteiger partial charge in [-0.05, 0) is 62.1 Å². The van der Waals surface area contributed by atoms with Crippen molar-refractivity contribution in [1.29, 1.82) is 0 Å². The van der Waals surface area contributed by atoms with E-state index in [1.165, 1.54) is 0 Å². The van der Waals surface area contributed by atoms with Crippen molar-refractivity contribution in [1.82, 2.24) is 5.16 Å². The number of anilines is 2. The quantitative estimate of drug-likeness (QED) is 0.666. The van der Waals surface area contributed by atoms with Crippen LogP contribution in [0.5, 0.6) is 5.75 Å². The van der Waals surface area contributed by atoms with Crippen LogP contribution >= 0.6 is 0 Å². The summed E-state index contributed by atoms with van der Waals surface area (Å²) in [5.74, 6) is 1.60. The molecule has 29 heavy (non-hydrogen) atoms. The van der Waals surface area contributed by atoms with E-state index in [1.807, 2.05) is 61.2 Å². The molecule has 0 radical (unpaired) electrons. The Bertz CT molecular complexity index is 1000. The third kappa shape index (κ3) is 3.97. The Morgan fingerprint density at radius 2 is 2.00 bits per heavy atom. The number of nitrogen functional groups attached to an aromatic ring is 1. The Hall–Kier alpha value is -3.28. The first kappa shape index (κ1) is 19.1. The average Bonchev–Trinajstić information content (AvgIpc) is 3.05. The van der Waals surface area contributed by atoms with Gasteiger partial charge in [-0.2, -0.15) is 0 Å². The van der Waals surface area contributed by atoms with Crippen molar-refractivity contribution in [2.75, 3.05) is 17.2 Å². The number of aromatic nitrogens is 1. The maximum absolute atomic E-state index is 12.9. The summed E-state index contributed by atoms with van der Waals surface area (Å²) in [6, 6.07) is 13.4. The molecule has 4 rings (SSSR count). The van der Waals surface area contributed by atoms with Gasteiger partial charge in [-0.3, -0.25) is 4.79 Å². The molecule has 1 aliphatic heterocycles. The van der Waals surface area contributed by atoms with Gasteiger partial charge in [-0.1, -0.05) is 23.4 Å². The molecule has 0 bridgehead atoms. The SMILES string of the molecule is Cc1noc(C)c1COc1ccc(CC(=O)N2CCCc3c(N)cccc32)cc1. The number of benzene rings is 2. The first-order chi connectivity index (χ1) is 14.0. The molecule has 1 aliphatic rings. The minimum Gasteiger partial charge on any atom is -0.489 e. The number of fused-ring (bicyclic) bond motifs is 1. The van der Waals surface area contributed by atoms with E-state index >= 15 is 0 Å². The maximum atomic E-state index is 12.9. The number of carbonyl (C=O) groups is 1. The summed E-state index contributed by atoms with van der Waals surface area (Å²) in [5, 5.41) is 3.94. The van der Waals surface area contributed by atoms with E-state index in [4.69, 9.17) is 15.0 Å². The number of hydrogen-bond acceptors (Lipinski definition) is 5. The Morgan fingerprint density at radius 3 is 2.72 bits per heavy atom. The molecule has 0 fully saturated rings. The van der Waals surface area contributed by atoms with Crippen LogP contribution in [0.25, 0.3) is 0 Å². The summed E-state index contributed by atoms with van der Waals surface area (Å²) in [6.07, 6.45) is 2.20. The second kappa shape index (κ2) is 7.99. The topological polar surface area (TPSA) is 81.6 Å². The van der Waals surface area contributed by atoms with Crippen LogP contribution in [-0.2, 0) is 24.2 Å². The van der Waals surface area contributed by atoms with Crippen molar-refractivity contribution in [3.63, 3.8) is 0 Å². The summed E-state index contributed by atoms with van der Waals surface area (Å²) in [5.41, 5.74) is 11.6. The van der Waals surface area contributed by atoms with Gasteiger partial charge >= 0.3 is 0 Å². The number of carbonyl (C=O) groups excluding carboxylic acids is 1. The Morgan fingerprint density at radius 1 is 1.21 bits per heavy atom. The summed E-state index contributed by atoms with van der Waals surface area (Å²) in [4.78, 5) is 14.8. The van der Waals surface area contributed by atoms with Gasteiger partial charge in [-0.15, -0.1) is 0 Å². The molecule has 3 aromatic rings. The van der Waals surface area contributed by atoms with Crippen LogP contribution in [0.1, 0.15) is 34.6 Å². The van der Waals surface area contributed by atoms with Crippen molar-refractivity contribution in [2.45, 2.75) is 39.7 Å². The van der Waals surface area contributed by atoms with Crippen molar-refractivity contribution >= 4 is 17.3 Å².